The molecule has 0 radical (unpaired) electrons. The van der Waals surface area contributed by atoms with Crippen LogP contribution in [0.3, 0.4) is 0 Å². The molecule has 1 atom stereocenters. The number of nitrogens with zero attached hydrogens (tertiary/aromatic N) is 2. The number of rotatable bonds is 7. The molecule has 1 unspecified atom stereocenters. The van der Waals surface area contributed by atoms with Gasteiger partial charge in [-0.2, -0.15) is 0 Å². The van der Waals surface area contributed by atoms with Gasteiger partial charge in [0.25, 0.3) is 11.7 Å². The van der Waals surface area contributed by atoms with E-state index in [2.05, 4.69) is 4.98 Å². The first-order chi connectivity index (χ1) is 18.6. The number of carbonyl (C=O) groups is 3. The summed E-state index contributed by atoms with van der Waals surface area (Å²) in [7, 11) is 1.48. The van der Waals surface area contributed by atoms with E-state index in [1.54, 1.807) is 54.9 Å². The zero-order chi connectivity index (χ0) is 28.3. The van der Waals surface area contributed by atoms with Crippen LogP contribution >= 0.6 is 0 Å². The van der Waals surface area contributed by atoms with Gasteiger partial charge in [-0.05, 0) is 59.4 Å². The molecule has 1 aromatic heterocycles. The molecule has 4 rings (SSSR count). The molecule has 8 heteroatoms. The third kappa shape index (κ3) is 5.41. The lowest BCUT2D eigenvalue weighted by Gasteiger charge is -2.26. The first-order valence-electron chi connectivity index (χ1n) is 12.8. The van der Waals surface area contributed by atoms with E-state index in [0.717, 1.165) is 5.56 Å². The lowest BCUT2D eigenvalue weighted by atomic mass is 9.85. The van der Waals surface area contributed by atoms with Crippen molar-refractivity contribution in [3.05, 3.63) is 94.8 Å². The number of pyridine rings is 1. The summed E-state index contributed by atoms with van der Waals surface area (Å²) in [6.07, 6.45) is 3.79. The third-order valence-corrected chi connectivity index (χ3v) is 6.56. The van der Waals surface area contributed by atoms with E-state index in [1.807, 2.05) is 33.8 Å². The number of hydrogen-bond donors (Lipinski definition) is 1. The predicted molar refractivity (Wildman–Crippen MR) is 148 cm³/mol. The zero-order valence-corrected chi connectivity index (χ0v) is 22.7. The van der Waals surface area contributed by atoms with Gasteiger partial charge in [0.15, 0.2) is 0 Å². The lowest BCUT2D eigenvalue weighted by molar-refractivity contribution is -0.132. The molecule has 39 heavy (non-hydrogen) atoms. The maximum atomic E-state index is 13.6. The second kappa shape index (κ2) is 11.1. The van der Waals surface area contributed by atoms with E-state index in [4.69, 9.17) is 9.47 Å². The van der Waals surface area contributed by atoms with Crippen molar-refractivity contribution >= 4 is 29.1 Å². The standard InChI is InChI=1S/C31H32N2O6/c1-6-15-39-30(37)19-9-7-11-22(16-19)33-26(20-10-8-14-32-18-20)25(28(35)29(33)36)27(34)23-17-21(31(2,3)4)12-13-24(23)38-5/h7-14,16-18,26,34H,6,15H2,1-5H3/b27-25+. The molecule has 1 saturated heterocycles. The quantitative estimate of drug-likeness (QED) is 0.185. The van der Waals surface area contributed by atoms with Crippen molar-refractivity contribution in [1.29, 1.82) is 0 Å². The van der Waals surface area contributed by atoms with Crippen LogP contribution in [0.4, 0.5) is 5.69 Å². The number of amides is 1. The molecule has 8 nitrogen and oxygen atoms in total. The van der Waals surface area contributed by atoms with E-state index >= 15 is 0 Å². The van der Waals surface area contributed by atoms with Crippen LogP contribution in [-0.4, -0.2) is 41.5 Å². The van der Waals surface area contributed by atoms with Crippen LogP contribution < -0.4 is 9.64 Å². The summed E-state index contributed by atoms with van der Waals surface area (Å²) in [6.45, 7) is 8.26. The molecule has 202 valence electrons. The molecule has 1 N–H and O–H groups in total. The molecule has 0 spiro atoms. The summed E-state index contributed by atoms with van der Waals surface area (Å²) >= 11 is 0. The minimum absolute atomic E-state index is 0.101. The Balaban J connectivity index is 1.92. The second-order valence-electron chi connectivity index (χ2n) is 10.3. The van der Waals surface area contributed by atoms with Crippen molar-refractivity contribution in [2.45, 2.75) is 45.6 Å². The molecule has 1 amide bonds. The topological polar surface area (TPSA) is 106 Å². The molecule has 3 aromatic rings. The van der Waals surface area contributed by atoms with Gasteiger partial charge in [0.05, 0.1) is 36.5 Å². The molecule has 0 saturated carbocycles. The van der Waals surface area contributed by atoms with Crippen LogP contribution in [0.1, 0.15) is 67.2 Å². The maximum absolute atomic E-state index is 13.6. The SMILES string of the molecule is CCCOC(=O)c1cccc(N2C(=O)C(=O)/C(=C(/O)c3cc(C(C)(C)C)ccc3OC)C2c2cccnc2)c1. The molecular weight excluding hydrogens is 496 g/mol. The highest BCUT2D eigenvalue weighted by atomic mass is 16.5. The fourth-order valence-electron chi connectivity index (χ4n) is 4.52. The minimum Gasteiger partial charge on any atom is -0.507 e. The van der Waals surface area contributed by atoms with Gasteiger partial charge in [0.1, 0.15) is 11.5 Å². The maximum Gasteiger partial charge on any atom is 0.338 e. The Morgan fingerprint density at radius 3 is 2.49 bits per heavy atom. The van der Waals surface area contributed by atoms with Gasteiger partial charge in [-0.1, -0.05) is 45.9 Å². The first kappa shape index (κ1) is 27.6. The average molecular weight is 529 g/mol. The van der Waals surface area contributed by atoms with Crippen LogP contribution in [0.5, 0.6) is 5.75 Å². The summed E-state index contributed by atoms with van der Waals surface area (Å²) < 4.78 is 10.8. The van der Waals surface area contributed by atoms with Crippen LogP contribution in [0.25, 0.3) is 5.76 Å². The van der Waals surface area contributed by atoms with Gasteiger partial charge in [-0.25, -0.2) is 4.79 Å². The van der Waals surface area contributed by atoms with Gasteiger partial charge in [0.2, 0.25) is 0 Å². The number of carbonyl (C=O) groups excluding carboxylic acids is 3. The van der Waals surface area contributed by atoms with Crippen LogP contribution in [-0.2, 0) is 19.7 Å². The minimum atomic E-state index is -0.997. The number of ketones is 1. The van der Waals surface area contributed by atoms with Crippen molar-refractivity contribution < 1.29 is 29.0 Å². The highest BCUT2D eigenvalue weighted by molar-refractivity contribution is 6.51. The number of anilines is 1. The largest absolute Gasteiger partial charge is 0.507 e. The first-order valence-corrected chi connectivity index (χ1v) is 12.8. The Kier molecular flexibility index (Phi) is 7.85. The van der Waals surface area contributed by atoms with Gasteiger partial charge in [-0.3, -0.25) is 19.5 Å². The van der Waals surface area contributed by atoms with E-state index in [0.29, 0.717) is 29.0 Å². The normalized spacial score (nSPS) is 16.8. The summed E-state index contributed by atoms with van der Waals surface area (Å²) in [4.78, 5) is 45.1. The Hall–Kier alpha value is -4.46. The number of methoxy groups -OCH3 is 1. The Bertz CT molecular complexity index is 1440. The second-order valence-corrected chi connectivity index (χ2v) is 10.3. The van der Waals surface area contributed by atoms with E-state index in [1.165, 1.54) is 18.1 Å². The Morgan fingerprint density at radius 1 is 1.08 bits per heavy atom. The third-order valence-electron chi connectivity index (χ3n) is 6.56. The monoisotopic (exact) mass is 528 g/mol. The Labute approximate surface area is 227 Å². The molecule has 0 aliphatic carbocycles. The van der Waals surface area contributed by atoms with Gasteiger partial charge in [-0.15, -0.1) is 0 Å². The highest BCUT2D eigenvalue weighted by Crippen LogP contribution is 2.43. The molecule has 1 aliphatic heterocycles. The van der Waals surface area contributed by atoms with Crippen LogP contribution in [0, 0.1) is 0 Å². The molecular formula is C31H32N2O6. The van der Waals surface area contributed by atoms with Gasteiger partial charge in [0, 0.05) is 18.1 Å². The number of aromatic nitrogens is 1. The lowest BCUT2D eigenvalue weighted by Crippen LogP contribution is -2.29. The van der Waals surface area contributed by atoms with Crippen molar-refractivity contribution in [1.82, 2.24) is 4.98 Å². The molecule has 1 fully saturated rings. The van der Waals surface area contributed by atoms with Crippen molar-refractivity contribution in [3.8, 4) is 5.75 Å². The summed E-state index contributed by atoms with van der Waals surface area (Å²) in [5.41, 5.74) is 1.94. The predicted octanol–water partition coefficient (Wildman–Crippen LogP) is 5.58. The van der Waals surface area contributed by atoms with Gasteiger partial charge >= 0.3 is 5.97 Å². The van der Waals surface area contributed by atoms with E-state index < -0.39 is 23.7 Å². The van der Waals surface area contributed by atoms with E-state index in [-0.39, 0.29) is 28.9 Å². The number of esters is 1. The number of hydrogen-bond acceptors (Lipinski definition) is 7. The fraction of sp³-hybridized carbons (Fsp3) is 0.290. The number of aliphatic hydroxyl groups excluding tert-OH is 1. The Morgan fingerprint density at radius 2 is 1.85 bits per heavy atom. The average Bonchev–Trinajstić information content (AvgIpc) is 3.20. The van der Waals surface area contributed by atoms with E-state index in [9.17, 15) is 19.5 Å². The number of Topliss-reactive ketones (excluding diaryl/α,β-unsaturated/α-hetero) is 1. The summed E-state index contributed by atoms with van der Waals surface area (Å²) in [5, 5.41) is 11.7. The van der Waals surface area contributed by atoms with Crippen molar-refractivity contribution in [3.63, 3.8) is 0 Å². The molecule has 2 aromatic carbocycles. The van der Waals surface area contributed by atoms with Crippen molar-refractivity contribution in [2.24, 2.45) is 0 Å². The fourth-order valence-corrected chi connectivity index (χ4v) is 4.52. The highest BCUT2D eigenvalue weighted by Gasteiger charge is 2.47. The number of ether oxygens (including phenoxy) is 2. The van der Waals surface area contributed by atoms with Crippen LogP contribution in [0.15, 0.2) is 72.6 Å². The summed E-state index contributed by atoms with van der Waals surface area (Å²) in [6, 6.07) is 14.2. The van der Waals surface area contributed by atoms with Crippen molar-refractivity contribution in [2.75, 3.05) is 18.6 Å². The summed E-state index contributed by atoms with van der Waals surface area (Å²) in [5.74, 6) is -2.22. The zero-order valence-electron chi connectivity index (χ0n) is 22.7. The molecule has 2 heterocycles. The van der Waals surface area contributed by atoms with Crippen LogP contribution in [0.2, 0.25) is 0 Å². The number of aliphatic hydroxyl groups is 1. The molecule has 1 aliphatic rings. The molecule has 0 bridgehead atoms. The smallest absolute Gasteiger partial charge is 0.338 e. The number of benzene rings is 2. The van der Waals surface area contributed by atoms with Gasteiger partial charge < -0.3 is 14.6 Å².